The minimum Gasteiger partial charge on any atom is -0.371 e. The van der Waals surface area contributed by atoms with Crippen molar-refractivity contribution < 1.29 is 9.31 Å². The first-order valence-corrected chi connectivity index (χ1v) is 6.37. The van der Waals surface area contributed by atoms with Gasteiger partial charge in [0.1, 0.15) is 5.82 Å². The molecule has 2 rings (SSSR count). The summed E-state index contributed by atoms with van der Waals surface area (Å²) < 4.78 is 13.4. The number of rotatable bonds is 2. The Morgan fingerprint density at radius 1 is 1.06 bits per heavy atom. The van der Waals surface area contributed by atoms with Crippen molar-refractivity contribution in [2.75, 3.05) is 18.0 Å². The number of anilines is 1. The Hall–Kier alpha value is -1.65. The van der Waals surface area contributed by atoms with Crippen LogP contribution in [-0.4, -0.2) is 18.0 Å². The molecule has 0 unspecified atom stereocenters. The van der Waals surface area contributed by atoms with Gasteiger partial charge in [-0.15, -0.1) is 0 Å². The first kappa shape index (κ1) is 12.8. The Bertz CT molecular complexity index is 429. The summed E-state index contributed by atoms with van der Waals surface area (Å²) >= 11 is 0. The number of hydrogen-bond acceptors (Lipinski definition) is 3. The zero-order chi connectivity index (χ0) is 13.0. The van der Waals surface area contributed by atoms with Crippen LogP contribution in [0.3, 0.4) is 0 Å². The summed E-state index contributed by atoms with van der Waals surface area (Å²) in [7, 11) is 0. The molecule has 1 aliphatic rings. The number of halogens is 1. The van der Waals surface area contributed by atoms with Crippen molar-refractivity contribution in [3.05, 3.63) is 34.1 Å². The molecule has 4 nitrogen and oxygen atoms in total. The standard InChI is InChI=1S/C13H17FN2O2/c14-11-8-12(10-13(9-11)16(17)18)15-6-4-2-1-3-5-7-15/h8-10H,1-7H2. The average Bonchev–Trinajstić information content (AvgIpc) is 2.27. The number of hydrogen-bond donors (Lipinski definition) is 0. The molecule has 1 aromatic carbocycles. The number of nitro benzene ring substituents is 1. The number of nitro groups is 1. The van der Waals surface area contributed by atoms with Gasteiger partial charge in [0.15, 0.2) is 0 Å². The zero-order valence-corrected chi connectivity index (χ0v) is 10.3. The van der Waals surface area contributed by atoms with Crippen molar-refractivity contribution in [3.8, 4) is 0 Å². The van der Waals surface area contributed by atoms with E-state index < -0.39 is 10.7 Å². The van der Waals surface area contributed by atoms with Gasteiger partial charge in [-0.1, -0.05) is 19.3 Å². The van der Waals surface area contributed by atoms with Crippen molar-refractivity contribution in [1.29, 1.82) is 0 Å². The Labute approximate surface area is 106 Å². The van der Waals surface area contributed by atoms with Crippen LogP contribution in [0, 0.1) is 15.9 Å². The normalized spacial score (nSPS) is 17.1. The first-order valence-electron chi connectivity index (χ1n) is 6.37. The van der Waals surface area contributed by atoms with E-state index in [0.717, 1.165) is 32.0 Å². The maximum atomic E-state index is 13.4. The smallest absolute Gasteiger partial charge is 0.274 e. The Morgan fingerprint density at radius 2 is 1.67 bits per heavy atom. The molecule has 1 saturated heterocycles. The minimum atomic E-state index is -0.545. The van der Waals surface area contributed by atoms with Crippen LogP contribution < -0.4 is 4.90 Å². The van der Waals surface area contributed by atoms with E-state index >= 15 is 0 Å². The van der Waals surface area contributed by atoms with E-state index in [0.29, 0.717) is 5.69 Å². The fourth-order valence-electron chi connectivity index (χ4n) is 2.35. The summed E-state index contributed by atoms with van der Waals surface area (Å²) in [6, 6.07) is 3.81. The van der Waals surface area contributed by atoms with Crippen LogP contribution in [-0.2, 0) is 0 Å². The maximum Gasteiger partial charge on any atom is 0.274 e. The van der Waals surface area contributed by atoms with Gasteiger partial charge in [-0.2, -0.15) is 0 Å². The van der Waals surface area contributed by atoms with Crippen molar-refractivity contribution in [3.63, 3.8) is 0 Å². The van der Waals surface area contributed by atoms with E-state index in [-0.39, 0.29) is 5.69 Å². The molecular formula is C13H17FN2O2. The Morgan fingerprint density at radius 3 is 2.28 bits per heavy atom. The van der Waals surface area contributed by atoms with Gasteiger partial charge in [-0.05, 0) is 18.9 Å². The molecule has 5 heteroatoms. The number of non-ortho nitro benzene ring substituents is 1. The largest absolute Gasteiger partial charge is 0.371 e. The molecule has 1 aromatic rings. The highest BCUT2D eigenvalue weighted by molar-refractivity contribution is 5.53. The predicted molar refractivity (Wildman–Crippen MR) is 68.4 cm³/mol. The minimum absolute atomic E-state index is 0.174. The van der Waals surface area contributed by atoms with Gasteiger partial charge in [0.2, 0.25) is 0 Å². The molecule has 0 bridgehead atoms. The molecule has 0 radical (unpaired) electrons. The van der Waals surface area contributed by atoms with Crippen LogP contribution in [0.4, 0.5) is 15.8 Å². The van der Waals surface area contributed by atoms with Crippen LogP contribution in [0.1, 0.15) is 32.1 Å². The second kappa shape index (κ2) is 5.80. The lowest BCUT2D eigenvalue weighted by Gasteiger charge is -2.26. The molecule has 0 spiro atoms. The Balaban J connectivity index is 2.22. The lowest BCUT2D eigenvalue weighted by atomic mass is 10.1. The molecule has 1 heterocycles. The summed E-state index contributed by atoms with van der Waals surface area (Å²) in [5.41, 5.74) is 0.454. The molecule has 0 aromatic heterocycles. The molecule has 18 heavy (non-hydrogen) atoms. The van der Waals surface area contributed by atoms with Gasteiger partial charge >= 0.3 is 0 Å². The fourth-order valence-corrected chi connectivity index (χ4v) is 2.35. The highest BCUT2D eigenvalue weighted by Crippen LogP contribution is 2.25. The SMILES string of the molecule is O=[N+]([O-])c1cc(F)cc(N2CCCCCCC2)c1. The van der Waals surface area contributed by atoms with E-state index in [1.807, 2.05) is 0 Å². The highest BCUT2D eigenvalue weighted by Gasteiger charge is 2.15. The molecule has 1 aliphatic heterocycles. The fraction of sp³-hybridized carbons (Fsp3) is 0.538. The second-order valence-electron chi connectivity index (χ2n) is 4.68. The quantitative estimate of drug-likeness (QED) is 0.597. The third-order valence-electron chi connectivity index (χ3n) is 3.30. The maximum absolute atomic E-state index is 13.4. The zero-order valence-electron chi connectivity index (χ0n) is 10.3. The number of benzene rings is 1. The third-order valence-corrected chi connectivity index (χ3v) is 3.30. The molecule has 1 fully saturated rings. The predicted octanol–water partition coefficient (Wildman–Crippen LogP) is 3.50. The van der Waals surface area contributed by atoms with Crippen LogP contribution in [0.25, 0.3) is 0 Å². The van der Waals surface area contributed by atoms with E-state index in [9.17, 15) is 14.5 Å². The molecular weight excluding hydrogens is 235 g/mol. The van der Waals surface area contributed by atoms with Crippen molar-refractivity contribution in [2.24, 2.45) is 0 Å². The molecule has 0 N–H and O–H groups in total. The van der Waals surface area contributed by atoms with Crippen molar-refractivity contribution >= 4 is 11.4 Å². The van der Waals surface area contributed by atoms with Crippen LogP contribution in [0.2, 0.25) is 0 Å². The lowest BCUT2D eigenvalue weighted by Crippen LogP contribution is -2.27. The van der Waals surface area contributed by atoms with Gasteiger partial charge in [-0.3, -0.25) is 10.1 Å². The van der Waals surface area contributed by atoms with Crippen molar-refractivity contribution in [2.45, 2.75) is 32.1 Å². The summed E-state index contributed by atoms with van der Waals surface area (Å²) in [6.07, 6.45) is 5.72. The van der Waals surface area contributed by atoms with Gasteiger partial charge in [0.05, 0.1) is 11.0 Å². The van der Waals surface area contributed by atoms with Crippen molar-refractivity contribution in [1.82, 2.24) is 0 Å². The summed E-state index contributed by atoms with van der Waals surface area (Å²) in [4.78, 5) is 12.2. The highest BCUT2D eigenvalue weighted by atomic mass is 19.1. The van der Waals surface area contributed by atoms with Gasteiger partial charge in [0, 0.05) is 24.8 Å². The van der Waals surface area contributed by atoms with Gasteiger partial charge < -0.3 is 4.90 Å². The first-order chi connectivity index (χ1) is 8.66. The molecule has 0 saturated carbocycles. The number of nitrogens with zero attached hydrogens (tertiary/aromatic N) is 2. The molecule has 98 valence electrons. The van der Waals surface area contributed by atoms with Crippen LogP contribution in [0.5, 0.6) is 0 Å². The van der Waals surface area contributed by atoms with E-state index in [1.54, 1.807) is 0 Å². The summed E-state index contributed by atoms with van der Waals surface area (Å²) in [5, 5.41) is 10.7. The summed E-state index contributed by atoms with van der Waals surface area (Å²) in [6.45, 7) is 1.70. The van der Waals surface area contributed by atoms with Crippen LogP contribution >= 0.6 is 0 Å². The molecule has 0 amide bonds. The third kappa shape index (κ3) is 3.18. The monoisotopic (exact) mass is 252 g/mol. The van der Waals surface area contributed by atoms with E-state index in [4.69, 9.17) is 0 Å². The average molecular weight is 252 g/mol. The van der Waals surface area contributed by atoms with E-state index in [1.165, 1.54) is 31.4 Å². The van der Waals surface area contributed by atoms with E-state index in [2.05, 4.69) is 4.90 Å². The molecule has 0 atom stereocenters. The van der Waals surface area contributed by atoms with Gasteiger partial charge in [0.25, 0.3) is 5.69 Å². The van der Waals surface area contributed by atoms with Crippen LogP contribution in [0.15, 0.2) is 18.2 Å². The van der Waals surface area contributed by atoms with Gasteiger partial charge in [-0.25, -0.2) is 4.39 Å². The second-order valence-corrected chi connectivity index (χ2v) is 4.68. The Kier molecular flexibility index (Phi) is 4.12. The topological polar surface area (TPSA) is 46.4 Å². The summed E-state index contributed by atoms with van der Waals surface area (Å²) in [5.74, 6) is -0.541. The molecule has 0 aliphatic carbocycles. The lowest BCUT2D eigenvalue weighted by molar-refractivity contribution is -0.385.